The second-order valence-electron chi connectivity index (χ2n) is 1.15. The average Bonchev–Trinajstić information content (AvgIpc) is 1.87. The number of halogens is 2. The van der Waals surface area contributed by atoms with E-state index in [9.17, 15) is 0 Å². The van der Waals surface area contributed by atoms with Gasteiger partial charge in [0.25, 0.3) is 0 Å². The number of hydrogen-bond donors (Lipinski definition) is 1. The fraction of sp³-hybridized carbons (Fsp3) is 0. The van der Waals surface area contributed by atoms with Gasteiger partial charge in [-0.3, -0.25) is 0 Å². The van der Waals surface area contributed by atoms with Crippen molar-refractivity contribution in [1.29, 1.82) is 0 Å². The van der Waals surface area contributed by atoms with Gasteiger partial charge in [-0.25, -0.2) is 0 Å². The normalized spacial score (nSPS) is 9.43. The third kappa shape index (κ3) is 1.45. The summed E-state index contributed by atoms with van der Waals surface area (Å²) >= 11 is 5.49. The Morgan fingerprint density at radius 3 is 2.43 bits per heavy atom. The van der Waals surface area contributed by atoms with Crippen molar-refractivity contribution in [3.05, 3.63) is 20.4 Å². The Kier molecular flexibility index (Phi) is 1.74. The molecule has 7 heavy (non-hydrogen) atoms. The van der Waals surface area contributed by atoms with E-state index < -0.39 is 0 Å². The lowest BCUT2D eigenvalue weighted by Crippen LogP contribution is -1.61. The first kappa shape index (κ1) is 5.62. The molecule has 0 spiro atoms. The van der Waals surface area contributed by atoms with Crippen LogP contribution in [0.1, 0.15) is 0 Å². The van der Waals surface area contributed by atoms with Crippen LogP contribution >= 0.6 is 38.5 Å². The Morgan fingerprint density at radius 1 is 1.57 bits per heavy atom. The largest absolute Gasteiger partial charge is 0.345 e. The van der Waals surface area contributed by atoms with Crippen LogP contribution < -0.4 is 0 Å². The molecule has 0 amide bonds. The van der Waals surface area contributed by atoms with Gasteiger partial charge in [0.05, 0.1) is 8.30 Å². The summed E-state index contributed by atoms with van der Waals surface area (Å²) in [6, 6.07) is 3.98. The molecule has 0 aromatic carbocycles. The molecule has 1 rings (SSSR count). The molecule has 0 atom stereocenters. The topological polar surface area (TPSA) is 15.8 Å². The van der Waals surface area contributed by atoms with Crippen molar-refractivity contribution in [2.75, 3.05) is 0 Å². The van der Waals surface area contributed by atoms with Crippen LogP contribution in [0.15, 0.2) is 16.7 Å². The number of H-pyrrole nitrogens is 1. The van der Waals surface area contributed by atoms with Gasteiger partial charge in [0.1, 0.15) is 0 Å². The first-order valence-electron chi connectivity index (χ1n) is 1.79. The summed E-state index contributed by atoms with van der Waals surface area (Å²) in [5.41, 5.74) is 0. The van der Waals surface area contributed by atoms with E-state index in [0.717, 1.165) is 8.30 Å². The Labute approximate surface area is 63.8 Å². The van der Waals surface area contributed by atoms with E-state index in [0.29, 0.717) is 0 Å². The van der Waals surface area contributed by atoms with Gasteiger partial charge in [0, 0.05) is 0 Å². The van der Waals surface area contributed by atoms with E-state index in [1.807, 2.05) is 12.1 Å². The summed E-state index contributed by atoms with van der Waals surface area (Å²) in [6.45, 7) is 0. The highest BCUT2D eigenvalue weighted by Crippen LogP contribution is 2.09. The average molecular weight is 272 g/mol. The minimum absolute atomic E-state index is 1.04. The molecule has 0 saturated heterocycles. The van der Waals surface area contributed by atoms with Crippen LogP contribution in [0.4, 0.5) is 0 Å². The Hall–Kier alpha value is 0.490. The van der Waals surface area contributed by atoms with Gasteiger partial charge in [-0.15, -0.1) is 0 Å². The molecule has 0 aliphatic rings. The number of rotatable bonds is 0. The first-order valence-corrected chi connectivity index (χ1v) is 3.66. The van der Waals surface area contributed by atoms with Crippen molar-refractivity contribution in [2.24, 2.45) is 0 Å². The van der Waals surface area contributed by atoms with Crippen LogP contribution in [-0.2, 0) is 0 Å². The van der Waals surface area contributed by atoms with Crippen LogP contribution in [0.2, 0.25) is 0 Å². The zero-order valence-corrected chi connectivity index (χ0v) is 7.15. The van der Waals surface area contributed by atoms with Crippen molar-refractivity contribution in [2.45, 2.75) is 0 Å². The van der Waals surface area contributed by atoms with E-state index in [1.165, 1.54) is 0 Å². The van der Waals surface area contributed by atoms with E-state index in [1.54, 1.807) is 0 Å². The SMILES string of the molecule is Brc1ccc(I)[nH]1. The summed E-state index contributed by atoms with van der Waals surface area (Å²) < 4.78 is 2.20. The monoisotopic (exact) mass is 271 g/mol. The van der Waals surface area contributed by atoms with Crippen molar-refractivity contribution in [3.63, 3.8) is 0 Å². The summed E-state index contributed by atoms with van der Waals surface area (Å²) in [6.07, 6.45) is 0. The smallest absolute Gasteiger partial charge is 0.0828 e. The van der Waals surface area contributed by atoms with E-state index in [2.05, 4.69) is 43.5 Å². The van der Waals surface area contributed by atoms with Gasteiger partial charge in [-0.1, -0.05) is 0 Å². The second-order valence-corrected chi connectivity index (χ2v) is 3.17. The van der Waals surface area contributed by atoms with Crippen molar-refractivity contribution >= 4 is 38.5 Å². The molecule has 1 N–H and O–H groups in total. The van der Waals surface area contributed by atoms with Crippen LogP contribution in [0.3, 0.4) is 0 Å². The van der Waals surface area contributed by atoms with Gasteiger partial charge in [-0.05, 0) is 50.7 Å². The molecular weight excluding hydrogens is 269 g/mol. The molecule has 3 heteroatoms. The van der Waals surface area contributed by atoms with Crippen molar-refractivity contribution in [1.82, 2.24) is 4.98 Å². The lowest BCUT2D eigenvalue weighted by molar-refractivity contribution is 1.31. The summed E-state index contributed by atoms with van der Waals surface area (Å²) in [5, 5.41) is 0. The highest BCUT2D eigenvalue weighted by Gasteiger charge is 1.85. The third-order valence-electron chi connectivity index (χ3n) is 0.615. The molecule has 0 saturated carbocycles. The fourth-order valence-electron chi connectivity index (χ4n) is 0.344. The van der Waals surface area contributed by atoms with E-state index >= 15 is 0 Å². The zero-order chi connectivity index (χ0) is 5.28. The molecular formula is C4H3BrIN. The molecule has 1 heterocycles. The molecule has 1 aromatic heterocycles. The van der Waals surface area contributed by atoms with Gasteiger partial charge >= 0.3 is 0 Å². The molecule has 0 aliphatic heterocycles. The Balaban J connectivity index is 3.04. The predicted molar refractivity (Wildman–Crippen MR) is 41.2 cm³/mol. The molecule has 0 bridgehead atoms. The third-order valence-corrected chi connectivity index (χ3v) is 1.71. The number of aromatic amines is 1. The van der Waals surface area contributed by atoms with E-state index in [4.69, 9.17) is 0 Å². The summed E-state index contributed by atoms with van der Waals surface area (Å²) in [5.74, 6) is 0. The lowest BCUT2D eigenvalue weighted by atomic mass is 10.7. The number of nitrogens with one attached hydrogen (secondary N) is 1. The standard InChI is InChI=1S/C4H3BrIN/c5-3-1-2-4(6)7-3/h1-2,7H. The van der Waals surface area contributed by atoms with Gasteiger partial charge < -0.3 is 4.98 Å². The van der Waals surface area contributed by atoms with Gasteiger partial charge in [0.15, 0.2) is 0 Å². The van der Waals surface area contributed by atoms with E-state index in [-0.39, 0.29) is 0 Å². The maximum atomic E-state index is 3.27. The first-order chi connectivity index (χ1) is 3.29. The second kappa shape index (κ2) is 2.17. The molecule has 0 unspecified atom stereocenters. The predicted octanol–water partition coefficient (Wildman–Crippen LogP) is 2.38. The number of hydrogen-bond acceptors (Lipinski definition) is 0. The molecule has 0 radical (unpaired) electrons. The summed E-state index contributed by atoms with van der Waals surface area (Å²) in [7, 11) is 0. The van der Waals surface area contributed by atoms with Crippen LogP contribution in [0.5, 0.6) is 0 Å². The quantitative estimate of drug-likeness (QED) is 0.698. The highest BCUT2D eigenvalue weighted by atomic mass is 127. The van der Waals surface area contributed by atoms with Crippen LogP contribution in [-0.4, -0.2) is 4.98 Å². The van der Waals surface area contributed by atoms with Crippen molar-refractivity contribution < 1.29 is 0 Å². The molecule has 0 aliphatic carbocycles. The Bertz CT molecular complexity index is 144. The summed E-state index contributed by atoms with van der Waals surface area (Å²) in [4.78, 5) is 3.04. The fourth-order valence-corrected chi connectivity index (χ4v) is 1.53. The maximum absolute atomic E-state index is 3.27. The van der Waals surface area contributed by atoms with Crippen molar-refractivity contribution in [3.8, 4) is 0 Å². The molecule has 0 fully saturated rings. The van der Waals surface area contributed by atoms with Crippen LogP contribution in [0.25, 0.3) is 0 Å². The Morgan fingerprint density at radius 2 is 2.29 bits per heavy atom. The van der Waals surface area contributed by atoms with Gasteiger partial charge in [-0.2, -0.15) is 0 Å². The maximum Gasteiger partial charge on any atom is 0.0828 e. The number of aromatic nitrogens is 1. The van der Waals surface area contributed by atoms with Gasteiger partial charge in [0.2, 0.25) is 0 Å². The lowest BCUT2D eigenvalue weighted by Gasteiger charge is -1.73. The molecule has 1 aromatic rings. The zero-order valence-electron chi connectivity index (χ0n) is 3.41. The van der Waals surface area contributed by atoms with Crippen LogP contribution in [0, 0.1) is 3.70 Å². The minimum Gasteiger partial charge on any atom is -0.345 e. The minimum atomic E-state index is 1.04. The molecule has 1 nitrogen and oxygen atoms in total. The highest BCUT2D eigenvalue weighted by molar-refractivity contribution is 14.1. The molecule has 38 valence electrons.